The second-order valence-electron chi connectivity index (χ2n) is 5.52. The third kappa shape index (κ3) is 4.05. The van der Waals surface area contributed by atoms with Gasteiger partial charge in [-0.15, -0.1) is 12.4 Å². The van der Waals surface area contributed by atoms with E-state index in [9.17, 15) is 4.79 Å². The molecule has 1 heterocycles. The maximum absolute atomic E-state index is 12.8. The first-order valence-corrected chi connectivity index (χ1v) is 7.36. The normalized spacial score (nSPS) is 19.1. The van der Waals surface area contributed by atoms with Crippen LogP contribution in [0.5, 0.6) is 11.5 Å². The number of rotatable bonds is 4. The highest BCUT2D eigenvalue weighted by Gasteiger charge is 2.30. The van der Waals surface area contributed by atoms with E-state index in [1.165, 1.54) is 0 Å². The van der Waals surface area contributed by atoms with Crippen molar-refractivity contribution in [2.24, 2.45) is 5.73 Å². The van der Waals surface area contributed by atoms with Crippen molar-refractivity contribution < 1.29 is 14.3 Å². The maximum atomic E-state index is 12.8. The molecule has 2 N–H and O–H groups in total. The molecule has 6 heteroatoms. The number of likely N-dealkylation sites (tertiary alicyclic amines) is 1. The molecule has 0 radical (unpaired) electrons. The van der Waals surface area contributed by atoms with Gasteiger partial charge in [0.1, 0.15) is 11.5 Å². The molecule has 0 aliphatic carbocycles. The van der Waals surface area contributed by atoms with Crippen LogP contribution in [0.2, 0.25) is 0 Å². The fraction of sp³-hybridized carbons (Fsp3) is 0.562. The zero-order valence-electron chi connectivity index (χ0n) is 13.4. The van der Waals surface area contributed by atoms with Crippen LogP contribution in [0.4, 0.5) is 0 Å². The molecule has 1 aliphatic rings. The molecule has 1 aliphatic heterocycles. The number of ether oxygens (including phenoxy) is 2. The van der Waals surface area contributed by atoms with Crippen molar-refractivity contribution in [3.63, 3.8) is 0 Å². The minimum absolute atomic E-state index is 0. The highest BCUT2D eigenvalue weighted by Crippen LogP contribution is 2.26. The Hall–Kier alpha value is -1.46. The van der Waals surface area contributed by atoms with Gasteiger partial charge in [0.15, 0.2) is 0 Å². The molecule has 0 bridgehead atoms. The van der Waals surface area contributed by atoms with E-state index in [4.69, 9.17) is 15.2 Å². The summed E-state index contributed by atoms with van der Waals surface area (Å²) in [5.41, 5.74) is 6.62. The average Bonchev–Trinajstić information content (AvgIpc) is 2.53. The molecule has 1 amide bonds. The maximum Gasteiger partial charge on any atom is 0.254 e. The summed E-state index contributed by atoms with van der Waals surface area (Å²) in [5, 5.41) is 0. The third-order valence-electron chi connectivity index (χ3n) is 4.02. The van der Waals surface area contributed by atoms with Crippen LogP contribution in [-0.4, -0.2) is 43.7 Å². The smallest absolute Gasteiger partial charge is 0.254 e. The van der Waals surface area contributed by atoms with Crippen molar-refractivity contribution in [2.75, 3.05) is 20.8 Å². The Balaban J connectivity index is 0.00000242. The summed E-state index contributed by atoms with van der Waals surface area (Å²) in [7, 11) is 3.16. The summed E-state index contributed by atoms with van der Waals surface area (Å²) < 4.78 is 10.5. The minimum Gasteiger partial charge on any atom is -0.497 e. The summed E-state index contributed by atoms with van der Waals surface area (Å²) in [6.07, 6.45) is 3.11. The Morgan fingerprint density at radius 3 is 2.32 bits per heavy atom. The van der Waals surface area contributed by atoms with E-state index < -0.39 is 0 Å². The van der Waals surface area contributed by atoms with E-state index in [-0.39, 0.29) is 30.4 Å². The zero-order valence-corrected chi connectivity index (χ0v) is 14.2. The van der Waals surface area contributed by atoms with Gasteiger partial charge >= 0.3 is 0 Å². The molecule has 2 unspecified atom stereocenters. The standard InChI is InChI=1S/C16H24N2O3.ClH/c1-11(17)15-6-4-5-7-18(15)16(19)12-8-13(20-2)10-14(9-12)21-3;/h8-11,15H,4-7,17H2,1-3H3;1H. The van der Waals surface area contributed by atoms with E-state index in [0.29, 0.717) is 17.1 Å². The lowest BCUT2D eigenvalue weighted by atomic mass is 9.96. The van der Waals surface area contributed by atoms with Crippen LogP contribution in [0, 0.1) is 0 Å². The quantitative estimate of drug-likeness (QED) is 0.922. The van der Waals surface area contributed by atoms with Gasteiger partial charge in [-0.2, -0.15) is 0 Å². The van der Waals surface area contributed by atoms with Crippen LogP contribution >= 0.6 is 12.4 Å². The molecule has 0 spiro atoms. The van der Waals surface area contributed by atoms with E-state index in [0.717, 1.165) is 25.8 Å². The summed E-state index contributed by atoms with van der Waals surface area (Å²) in [4.78, 5) is 14.7. The molecule has 22 heavy (non-hydrogen) atoms. The van der Waals surface area contributed by atoms with Gasteiger partial charge in [-0.05, 0) is 38.3 Å². The summed E-state index contributed by atoms with van der Waals surface area (Å²) in [5.74, 6) is 1.23. The van der Waals surface area contributed by atoms with Gasteiger partial charge in [-0.25, -0.2) is 0 Å². The Labute approximate surface area is 138 Å². The molecular weight excluding hydrogens is 304 g/mol. The molecule has 1 saturated heterocycles. The van der Waals surface area contributed by atoms with Crippen molar-refractivity contribution >= 4 is 18.3 Å². The van der Waals surface area contributed by atoms with E-state index >= 15 is 0 Å². The van der Waals surface area contributed by atoms with Crippen molar-refractivity contribution in [1.29, 1.82) is 0 Å². The van der Waals surface area contributed by atoms with Crippen molar-refractivity contribution in [3.05, 3.63) is 23.8 Å². The van der Waals surface area contributed by atoms with Crippen LogP contribution in [0.3, 0.4) is 0 Å². The average molecular weight is 329 g/mol. The Kier molecular flexibility index (Phi) is 6.97. The fourth-order valence-corrected chi connectivity index (χ4v) is 2.85. The number of amides is 1. The minimum atomic E-state index is -0.0262. The Bertz CT molecular complexity index is 486. The first-order chi connectivity index (χ1) is 10.1. The largest absolute Gasteiger partial charge is 0.497 e. The predicted octanol–water partition coefficient (Wildman–Crippen LogP) is 2.47. The molecule has 1 aromatic rings. The lowest BCUT2D eigenvalue weighted by Crippen LogP contribution is -2.51. The van der Waals surface area contributed by atoms with Gasteiger partial charge in [0.05, 0.1) is 14.2 Å². The first kappa shape index (κ1) is 18.6. The van der Waals surface area contributed by atoms with Gasteiger partial charge in [-0.1, -0.05) is 0 Å². The van der Waals surface area contributed by atoms with Crippen LogP contribution in [0.15, 0.2) is 18.2 Å². The molecule has 2 atom stereocenters. The highest BCUT2D eigenvalue weighted by atomic mass is 35.5. The van der Waals surface area contributed by atoms with Crippen LogP contribution in [0.1, 0.15) is 36.5 Å². The number of hydrogen-bond donors (Lipinski definition) is 1. The summed E-state index contributed by atoms with van der Waals surface area (Å²) in [6, 6.07) is 5.33. The van der Waals surface area contributed by atoms with Gasteiger partial charge in [0, 0.05) is 30.3 Å². The van der Waals surface area contributed by atoms with Crippen molar-refractivity contribution in [2.45, 2.75) is 38.3 Å². The van der Waals surface area contributed by atoms with E-state index in [1.807, 2.05) is 11.8 Å². The van der Waals surface area contributed by atoms with E-state index in [1.54, 1.807) is 32.4 Å². The third-order valence-corrected chi connectivity index (χ3v) is 4.02. The molecule has 2 rings (SSSR count). The fourth-order valence-electron chi connectivity index (χ4n) is 2.85. The molecule has 124 valence electrons. The highest BCUT2D eigenvalue weighted by molar-refractivity contribution is 5.95. The van der Waals surface area contributed by atoms with Crippen LogP contribution in [0.25, 0.3) is 0 Å². The SMILES string of the molecule is COc1cc(OC)cc(C(=O)N2CCCCC2C(C)N)c1.Cl. The van der Waals surface area contributed by atoms with Gasteiger partial charge in [0.25, 0.3) is 5.91 Å². The molecule has 0 saturated carbocycles. The Morgan fingerprint density at radius 1 is 1.23 bits per heavy atom. The number of piperidine rings is 1. The number of halogens is 1. The second kappa shape index (κ2) is 8.25. The number of nitrogens with zero attached hydrogens (tertiary/aromatic N) is 1. The number of hydrogen-bond acceptors (Lipinski definition) is 4. The van der Waals surface area contributed by atoms with Gasteiger partial charge in [0.2, 0.25) is 0 Å². The number of methoxy groups -OCH3 is 2. The molecular formula is C16H25ClN2O3. The van der Waals surface area contributed by atoms with Crippen molar-refractivity contribution in [3.8, 4) is 11.5 Å². The monoisotopic (exact) mass is 328 g/mol. The first-order valence-electron chi connectivity index (χ1n) is 7.36. The van der Waals surface area contributed by atoms with Gasteiger partial charge in [-0.3, -0.25) is 4.79 Å². The topological polar surface area (TPSA) is 64.8 Å². The lowest BCUT2D eigenvalue weighted by molar-refractivity contribution is 0.0583. The lowest BCUT2D eigenvalue weighted by Gasteiger charge is -2.38. The number of benzene rings is 1. The zero-order chi connectivity index (χ0) is 15.4. The molecule has 1 aromatic carbocycles. The molecule has 0 aromatic heterocycles. The van der Waals surface area contributed by atoms with Crippen molar-refractivity contribution in [1.82, 2.24) is 4.90 Å². The number of carbonyl (C=O) groups excluding carboxylic acids is 1. The molecule has 1 fully saturated rings. The predicted molar refractivity (Wildman–Crippen MR) is 89.1 cm³/mol. The van der Waals surface area contributed by atoms with Gasteiger partial charge < -0.3 is 20.1 Å². The van der Waals surface area contributed by atoms with E-state index in [2.05, 4.69) is 0 Å². The second-order valence-corrected chi connectivity index (χ2v) is 5.52. The van der Waals surface area contributed by atoms with Crippen LogP contribution < -0.4 is 15.2 Å². The number of carbonyl (C=O) groups is 1. The summed E-state index contributed by atoms with van der Waals surface area (Å²) in [6.45, 7) is 2.72. The summed E-state index contributed by atoms with van der Waals surface area (Å²) >= 11 is 0. The Morgan fingerprint density at radius 2 is 1.82 bits per heavy atom. The van der Waals surface area contributed by atoms with Crippen LogP contribution in [-0.2, 0) is 0 Å². The molecule has 5 nitrogen and oxygen atoms in total. The number of nitrogens with two attached hydrogens (primary N) is 1.